The van der Waals surface area contributed by atoms with Crippen LogP contribution in [0, 0.1) is 12.8 Å². The molecule has 0 amide bonds. The van der Waals surface area contributed by atoms with Crippen LogP contribution in [0.5, 0.6) is 5.75 Å². The van der Waals surface area contributed by atoms with Gasteiger partial charge < -0.3 is 20.5 Å². The molecule has 1 aliphatic rings. The van der Waals surface area contributed by atoms with Crippen LogP contribution in [0.2, 0.25) is 0 Å². The molecule has 1 unspecified atom stereocenters. The zero-order valence-corrected chi connectivity index (χ0v) is 16.6. The summed E-state index contributed by atoms with van der Waals surface area (Å²) in [5, 5.41) is 16.9. The highest BCUT2D eigenvalue weighted by Gasteiger charge is 2.28. The number of phenolic OH excluding ortho intramolecular Hbond substituents is 1. The highest BCUT2D eigenvalue weighted by molar-refractivity contribution is 7.80. The summed E-state index contributed by atoms with van der Waals surface area (Å²) in [6.45, 7) is 4.11. The first-order valence-electron chi connectivity index (χ1n) is 8.49. The summed E-state index contributed by atoms with van der Waals surface area (Å²) in [5.74, 6) is 0.493. The third-order valence-electron chi connectivity index (χ3n) is 4.59. The average Bonchev–Trinajstić information content (AvgIpc) is 2.93. The standard InChI is InChI=1S/C19H22N2O3S2/c1-10-4-6-13-15(8-10)26-17(16(13)18(23)24-3)21-19(25)20-14-7-5-12(22)9-11(14)2/h5,7,9-10,22H,4,6,8H2,1-3H3,(H2,20,21,25). The molecule has 0 fully saturated rings. The van der Waals surface area contributed by atoms with Gasteiger partial charge in [-0.05, 0) is 73.6 Å². The molecule has 1 heterocycles. The number of phenols is 1. The fraction of sp³-hybridized carbons (Fsp3) is 0.368. The van der Waals surface area contributed by atoms with Crippen molar-refractivity contribution in [2.45, 2.75) is 33.1 Å². The van der Waals surface area contributed by atoms with Gasteiger partial charge in [-0.3, -0.25) is 0 Å². The maximum Gasteiger partial charge on any atom is 0.341 e. The van der Waals surface area contributed by atoms with Crippen LogP contribution in [-0.2, 0) is 17.6 Å². The summed E-state index contributed by atoms with van der Waals surface area (Å²) in [5.41, 5.74) is 3.37. The summed E-state index contributed by atoms with van der Waals surface area (Å²) in [7, 11) is 1.40. The maximum atomic E-state index is 12.3. The molecule has 5 nitrogen and oxygen atoms in total. The molecule has 1 atom stereocenters. The number of hydrogen-bond donors (Lipinski definition) is 3. The molecule has 26 heavy (non-hydrogen) atoms. The molecule has 0 spiro atoms. The van der Waals surface area contributed by atoms with Gasteiger partial charge in [0.1, 0.15) is 10.8 Å². The van der Waals surface area contributed by atoms with Crippen molar-refractivity contribution in [1.82, 2.24) is 0 Å². The van der Waals surface area contributed by atoms with Gasteiger partial charge in [-0.1, -0.05) is 6.92 Å². The number of thiophene rings is 1. The van der Waals surface area contributed by atoms with E-state index in [1.54, 1.807) is 29.5 Å². The third-order valence-corrected chi connectivity index (χ3v) is 5.96. The number of aryl methyl sites for hydroxylation is 1. The van der Waals surface area contributed by atoms with Crippen molar-refractivity contribution in [3.05, 3.63) is 39.8 Å². The maximum absolute atomic E-state index is 12.3. The fourth-order valence-electron chi connectivity index (χ4n) is 3.20. The first-order chi connectivity index (χ1) is 12.4. The predicted molar refractivity (Wildman–Crippen MR) is 110 cm³/mol. The van der Waals surface area contributed by atoms with Gasteiger partial charge in [0.05, 0.1) is 12.7 Å². The van der Waals surface area contributed by atoms with Crippen molar-refractivity contribution >= 4 is 45.3 Å². The van der Waals surface area contributed by atoms with Gasteiger partial charge in [-0.25, -0.2) is 4.79 Å². The van der Waals surface area contributed by atoms with Gasteiger partial charge in [-0.2, -0.15) is 0 Å². The van der Waals surface area contributed by atoms with Crippen molar-refractivity contribution in [3.8, 4) is 5.75 Å². The fourth-order valence-corrected chi connectivity index (χ4v) is 4.88. The molecule has 3 rings (SSSR count). The molecular formula is C19H22N2O3S2. The van der Waals surface area contributed by atoms with Gasteiger partial charge in [0, 0.05) is 10.6 Å². The van der Waals surface area contributed by atoms with E-state index in [9.17, 15) is 9.90 Å². The Morgan fingerprint density at radius 3 is 2.85 bits per heavy atom. The minimum absolute atomic E-state index is 0.208. The van der Waals surface area contributed by atoms with Crippen LogP contribution in [0.25, 0.3) is 0 Å². The predicted octanol–water partition coefficient (Wildman–Crippen LogP) is 4.48. The second-order valence-electron chi connectivity index (χ2n) is 6.63. The Labute approximate surface area is 162 Å². The number of esters is 1. The summed E-state index contributed by atoms with van der Waals surface area (Å²) in [6.07, 6.45) is 2.93. The average molecular weight is 391 g/mol. The first-order valence-corrected chi connectivity index (χ1v) is 9.72. The lowest BCUT2D eigenvalue weighted by atomic mass is 9.88. The monoisotopic (exact) mass is 390 g/mol. The number of thiocarbonyl (C=S) groups is 1. The van der Waals surface area contributed by atoms with Crippen molar-refractivity contribution < 1.29 is 14.6 Å². The molecular weight excluding hydrogens is 368 g/mol. The van der Waals surface area contributed by atoms with Crippen LogP contribution in [0.1, 0.15) is 39.7 Å². The van der Waals surface area contributed by atoms with Crippen molar-refractivity contribution in [2.24, 2.45) is 5.92 Å². The minimum Gasteiger partial charge on any atom is -0.508 e. The van der Waals surface area contributed by atoms with Gasteiger partial charge in [-0.15, -0.1) is 11.3 Å². The number of carbonyl (C=O) groups excluding carboxylic acids is 1. The Hall–Kier alpha value is -2.12. The molecule has 138 valence electrons. The number of rotatable bonds is 3. The molecule has 1 aliphatic carbocycles. The SMILES string of the molecule is COC(=O)c1c(NC(=S)Nc2ccc(O)cc2C)sc2c1CCC(C)C2. The zero-order chi connectivity index (χ0) is 18.8. The molecule has 0 bridgehead atoms. The Bertz CT molecular complexity index is 861. The number of fused-ring (bicyclic) bond motifs is 1. The van der Waals surface area contributed by atoms with Gasteiger partial charge in [0.15, 0.2) is 5.11 Å². The van der Waals surface area contributed by atoms with Crippen molar-refractivity contribution in [2.75, 3.05) is 17.7 Å². The van der Waals surface area contributed by atoms with E-state index in [1.807, 2.05) is 6.92 Å². The van der Waals surface area contributed by atoms with E-state index in [4.69, 9.17) is 17.0 Å². The number of aromatic hydroxyl groups is 1. The van der Waals surface area contributed by atoms with Crippen LogP contribution < -0.4 is 10.6 Å². The lowest BCUT2D eigenvalue weighted by Crippen LogP contribution is -2.21. The molecule has 3 N–H and O–H groups in total. The van der Waals surface area contributed by atoms with Crippen LogP contribution in [0.3, 0.4) is 0 Å². The lowest BCUT2D eigenvalue weighted by Gasteiger charge is -2.18. The van der Waals surface area contributed by atoms with Crippen LogP contribution in [0.4, 0.5) is 10.7 Å². The van der Waals surface area contributed by atoms with Gasteiger partial charge in [0.25, 0.3) is 0 Å². The highest BCUT2D eigenvalue weighted by Crippen LogP contribution is 2.40. The number of hydrogen-bond acceptors (Lipinski definition) is 5. The minimum atomic E-state index is -0.330. The molecule has 1 aromatic heterocycles. The Balaban J connectivity index is 1.84. The number of nitrogens with one attached hydrogen (secondary N) is 2. The van der Waals surface area contributed by atoms with Gasteiger partial charge in [0.2, 0.25) is 0 Å². The summed E-state index contributed by atoms with van der Waals surface area (Å²) < 4.78 is 5.00. The van der Waals surface area contributed by atoms with Crippen molar-refractivity contribution in [3.63, 3.8) is 0 Å². The smallest absolute Gasteiger partial charge is 0.341 e. The topological polar surface area (TPSA) is 70.6 Å². The van der Waals surface area contributed by atoms with Gasteiger partial charge >= 0.3 is 5.97 Å². The third kappa shape index (κ3) is 3.83. The molecule has 0 saturated carbocycles. The largest absolute Gasteiger partial charge is 0.508 e. The van der Waals surface area contributed by atoms with Crippen molar-refractivity contribution in [1.29, 1.82) is 0 Å². The highest BCUT2D eigenvalue weighted by atomic mass is 32.1. The Kier molecular flexibility index (Phi) is 5.48. The van der Waals surface area contributed by atoms with E-state index in [0.29, 0.717) is 16.6 Å². The summed E-state index contributed by atoms with van der Waals surface area (Å²) in [4.78, 5) is 13.6. The summed E-state index contributed by atoms with van der Waals surface area (Å²) in [6, 6.07) is 5.03. The lowest BCUT2D eigenvalue weighted by molar-refractivity contribution is 0.0601. The molecule has 0 aliphatic heterocycles. The molecule has 0 saturated heterocycles. The van der Waals surface area contributed by atoms with E-state index in [2.05, 4.69) is 17.6 Å². The number of benzene rings is 1. The quantitative estimate of drug-likeness (QED) is 0.408. The van der Waals surface area contributed by atoms with E-state index < -0.39 is 0 Å². The van der Waals surface area contributed by atoms with E-state index in [-0.39, 0.29) is 11.7 Å². The second kappa shape index (κ2) is 7.63. The first kappa shape index (κ1) is 18.7. The Morgan fingerprint density at radius 2 is 2.15 bits per heavy atom. The molecule has 1 aromatic carbocycles. The van der Waals surface area contributed by atoms with E-state index >= 15 is 0 Å². The molecule has 7 heteroatoms. The Morgan fingerprint density at radius 1 is 1.38 bits per heavy atom. The zero-order valence-electron chi connectivity index (χ0n) is 15.0. The van der Waals surface area contributed by atoms with E-state index in [0.717, 1.165) is 41.1 Å². The molecule has 0 radical (unpaired) electrons. The molecule has 2 aromatic rings. The van der Waals surface area contributed by atoms with Crippen LogP contribution in [-0.4, -0.2) is 23.3 Å². The number of ether oxygens (including phenoxy) is 1. The summed E-state index contributed by atoms with van der Waals surface area (Å²) >= 11 is 7.00. The second-order valence-corrected chi connectivity index (χ2v) is 8.14. The van der Waals surface area contributed by atoms with E-state index in [1.165, 1.54) is 12.0 Å². The van der Waals surface area contributed by atoms with Crippen LogP contribution in [0.15, 0.2) is 18.2 Å². The number of carbonyl (C=O) groups is 1. The number of anilines is 2. The normalized spacial score (nSPS) is 15.9. The number of methoxy groups -OCH3 is 1. The van der Waals surface area contributed by atoms with Crippen LogP contribution >= 0.6 is 23.6 Å².